The molecule has 0 unspecified atom stereocenters. The van der Waals surface area contributed by atoms with Gasteiger partial charge >= 0.3 is 11.7 Å². The van der Waals surface area contributed by atoms with Crippen molar-refractivity contribution in [2.24, 2.45) is 0 Å². The Balaban J connectivity index is 2.18. The van der Waals surface area contributed by atoms with Crippen LogP contribution in [0.1, 0.15) is 40.3 Å². The molecule has 0 saturated heterocycles. The molecule has 0 amide bonds. The van der Waals surface area contributed by atoms with Crippen LogP contribution in [0.4, 0.5) is 0 Å². The van der Waals surface area contributed by atoms with Crippen molar-refractivity contribution in [2.75, 3.05) is 6.61 Å². The van der Waals surface area contributed by atoms with E-state index in [4.69, 9.17) is 9.47 Å². The van der Waals surface area contributed by atoms with Crippen LogP contribution in [0.15, 0.2) is 42.6 Å². The SMILES string of the molecule is CCOc1ccc(C(C)=O)cc1COC(=O)c1cccc[n+]1[O-]. The Bertz CT molecular complexity index is 727. The molecule has 0 aliphatic carbocycles. The second-order valence-corrected chi connectivity index (χ2v) is 4.80. The summed E-state index contributed by atoms with van der Waals surface area (Å²) >= 11 is 0. The van der Waals surface area contributed by atoms with Gasteiger partial charge in [-0.3, -0.25) is 4.79 Å². The number of benzene rings is 1. The molecule has 0 bridgehead atoms. The molecular formula is C17H17NO5. The Kier molecular flexibility index (Phi) is 5.30. The molecular weight excluding hydrogens is 298 g/mol. The summed E-state index contributed by atoms with van der Waals surface area (Å²) in [5, 5.41) is 11.5. The number of hydrogen-bond donors (Lipinski definition) is 0. The van der Waals surface area contributed by atoms with Crippen molar-refractivity contribution in [3.63, 3.8) is 0 Å². The smallest absolute Gasteiger partial charge is 0.405 e. The number of pyridine rings is 1. The van der Waals surface area contributed by atoms with Gasteiger partial charge in [0.05, 0.1) is 6.61 Å². The molecule has 0 aliphatic rings. The first-order valence-electron chi connectivity index (χ1n) is 7.15. The summed E-state index contributed by atoms with van der Waals surface area (Å²) in [4.78, 5) is 23.5. The lowest BCUT2D eigenvalue weighted by molar-refractivity contribution is -0.608. The lowest BCUT2D eigenvalue weighted by Gasteiger charge is -2.12. The largest absolute Gasteiger partial charge is 0.618 e. The molecule has 23 heavy (non-hydrogen) atoms. The zero-order chi connectivity index (χ0) is 16.8. The van der Waals surface area contributed by atoms with E-state index < -0.39 is 5.97 Å². The van der Waals surface area contributed by atoms with Gasteiger partial charge in [-0.1, -0.05) is 0 Å². The highest BCUT2D eigenvalue weighted by Crippen LogP contribution is 2.22. The Morgan fingerprint density at radius 3 is 2.65 bits per heavy atom. The van der Waals surface area contributed by atoms with Gasteiger partial charge in [-0.05, 0) is 38.1 Å². The highest BCUT2D eigenvalue weighted by Gasteiger charge is 2.18. The van der Waals surface area contributed by atoms with Crippen molar-refractivity contribution in [1.29, 1.82) is 0 Å². The Morgan fingerprint density at radius 2 is 2.00 bits per heavy atom. The summed E-state index contributed by atoms with van der Waals surface area (Å²) < 4.78 is 11.1. The summed E-state index contributed by atoms with van der Waals surface area (Å²) in [6, 6.07) is 9.42. The average molecular weight is 315 g/mol. The molecule has 2 rings (SSSR count). The second kappa shape index (κ2) is 7.40. The monoisotopic (exact) mass is 315 g/mol. The van der Waals surface area contributed by atoms with Crippen molar-refractivity contribution < 1.29 is 23.8 Å². The third-order valence-electron chi connectivity index (χ3n) is 3.16. The summed E-state index contributed by atoms with van der Waals surface area (Å²) in [6.45, 7) is 3.64. The topological polar surface area (TPSA) is 79.5 Å². The summed E-state index contributed by atoms with van der Waals surface area (Å²) in [6.07, 6.45) is 1.22. The van der Waals surface area contributed by atoms with E-state index in [0.717, 1.165) is 0 Å². The predicted molar refractivity (Wildman–Crippen MR) is 82.1 cm³/mol. The number of carbonyl (C=O) groups is 2. The molecule has 6 nitrogen and oxygen atoms in total. The maximum atomic E-state index is 12.0. The summed E-state index contributed by atoms with van der Waals surface area (Å²) in [5.74, 6) is -0.300. The highest BCUT2D eigenvalue weighted by atomic mass is 16.5. The van der Waals surface area contributed by atoms with Crippen LogP contribution in [0.3, 0.4) is 0 Å². The number of hydrogen-bond acceptors (Lipinski definition) is 5. The van der Waals surface area contributed by atoms with E-state index in [2.05, 4.69) is 0 Å². The van der Waals surface area contributed by atoms with Gasteiger partial charge < -0.3 is 14.7 Å². The third kappa shape index (κ3) is 4.06. The number of Topliss-reactive ketones (excluding diaryl/α,β-unsaturated/α-hetero) is 1. The van der Waals surface area contributed by atoms with Crippen LogP contribution < -0.4 is 9.47 Å². The van der Waals surface area contributed by atoms with Gasteiger partial charge in [-0.25, -0.2) is 4.79 Å². The number of carbonyl (C=O) groups excluding carboxylic acids is 2. The first-order chi connectivity index (χ1) is 11.0. The normalized spacial score (nSPS) is 10.2. The first-order valence-corrected chi connectivity index (χ1v) is 7.15. The minimum Gasteiger partial charge on any atom is -0.618 e. The van der Waals surface area contributed by atoms with Gasteiger partial charge in [-0.2, -0.15) is 4.73 Å². The number of rotatable bonds is 6. The fourth-order valence-electron chi connectivity index (χ4n) is 2.01. The Labute approximate surface area is 133 Å². The minimum absolute atomic E-state index is 0.0931. The number of aromatic nitrogens is 1. The molecule has 120 valence electrons. The van der Waals surface area contributed by atoms with Crippen LogP contribution in [0.25, 0.3) is 0 Å². The quantitative estimate of drug-likeness (QED) is 0.353. The second-order valence-electron chi connectivity index (χ2n) is 4.80. The zero-order valence-corrected chi connectivity index (χ0v) is 12.9. The predicted octanol–water partition coefficient (Wildman–Crippen LogP) is 2.28. The van der Waals surface area contributed by atoms with E-state index >= 15 is 0 Å². The van der Waals surface area contributed by atoms with Crippen LogP contribution in [-0.4, -0.2) is 18.4 Å². The summed E-state index contributed by atoms with van der Waals surface area (Å²) in [5.41, 5.74) is 0.965. The van der Waals surface area contributed by atoms with E-state index in [-0.39, 0.29) is 18.1 Å². The van der Waals surface area contributed by atoms with Crippen LogP contribution in [0, 0.1) is 5.21 Å². The highest BCUT2D eigenvalue weighted by molar-refractivity contribution is 5.94. The van der Waals surface area contributed by atoms with Gasteiger partial charge in [0.2, 0.25) is 0 Å². The third-order valence-corrected chi connectivity index (χ3v) is 3.16. The molecule has 1 aromatic carbocycles. The molecule has 0 atom stereocenters. The van der Waals surface area contributed by atoms with E-state index in [0.29, 0.717) is 28.2 Å². The standard InChI is InChI=1S/C17H17NO5/c1-3-22-16-8-7-13(12(2)19)10-14(16)11-23-17(20)15-6-4-5-9-18(15)21/h4-10H,3,11H2,1-2H3. The van der Waals surface area contributed by atoms with E-state index in [9.17, 15) is 14.8 Å². The van der Waals surface area contributed by atoms with E-state index in [1.807, 2.05) is 6.92 Å². The molecule has 0 spiro atoms. The van der Waals surface area contributed by atoms with Crippen LogP contribution >= 0.6 is 0 Å². The van der Waals surface area contributed by atoms with Crippen LogP contribution in [0.2, 0.25) is 0 Å². The molecule has 6 heteroatoms. The van der Waals surface area contributed by atoms with E-state index in [1.165, 1.54) is 25.3 Å². The molecule has 0 saturated carbocycles. The molecule has 2 aromatic rings. The lowest BCUT2D eigenvalue weighted by atomic mass is 10.1. The fraction of sp³-hybridized carbons (Fsp3) is 0.235. The van der Waals surface area contributed by atoms with Gasteiger partial charge in [0.15, 0.2) is 12.0 Å². The maximum Gasteiger partial charge on any atom is 0.405 e. The van der Waals surface area contributed by atoms with Gasteiger partial charge in [0.1, 0.15) is 12.4 Å². The van der Waals surface area contributed by atoms with Gasteiger partial charge in [0, 0.05) is 23.3 Å². The van der Waals surface area contributed by atoms with E-state index in [1.54, 1.807) is 24.3 Å². The number of ether oxygens (including phenoxy) is 2. The van der Waals surface area contributed by atoms with Crippen LogP contribution in [-0.2, 0) is 11.3 Å². The lowest BCUT2D eigenvalue weighted by Crippen LogP contribution is -2.34. The first kappa shape index (κ1) is 16.5. The summed E-state index contributed by atoms with van der Waals surface area (Å²) in [7, 11) is 0. The fourth-order valence-corrected chi connectivity index (χ4v) is 2.01. The van der Waals surface area contributed by atoms with Gasteiger partial charge in [-0.15, -0.1) is 0 Å². The van der Waals surface area contributed by atoms with Gasteiger partial charge in [0.25, 0.3) is 0 Å². The Hall–Kier alpha value is -2.89. The molecule has 0 N–H and O–H groups in total. The van der Waals surface area contributed by atoms with Crippen molar-refractivity contribution >= 4 is 11.8 Å². The van der Waals surface area contributed by atoms with Crippen molar-refractivity contribution in [1.82, 2.24) is 0 Å². The van der Waals surface area contributed by atoms with Crippen molar-refractivity contribution in [2.45, 2.75) is 20.5 Å². The number of ketones is 1. The van der Waals surface area contributed by atoms with Crippen LogP contribution in [0.5, 0.6) is 5.75 Å². The molecule has 1 heterocycles. The minimum atomic E-state index is -0.740. The average Bonchev–Trinajstić information content (AvgIpc) is 2.54. The Morgan fingerprint density at radius 1 is 1.22 bits per heavy atom. The molecule has 0 fully saturated rings. The number of esters is 1. The molecule has 0 radical (unpaired) electrons. The zero-order valence-electron chi connectivity index (χ0n) is 12.9. The van der Waals surface area contributed by atoms with Crippen molar-refractivity contribution in [3.05, 3.63) is 64.6 Å². The number of nitrogens with zero attached hydrogens (tertiary/aromatic N) is 1. The van der Waals surface area contributed by atoms with Crippen molar-refractivity contribution in [3.8, 4) is 5.75 Å². The molecule has 1 aromatic heterocycles. The molecule has 0 aliphatic heterocycles. The maximum absolute atomic E-state index is 12.0.